The molecular weight excluding hydrogens is 218 g/mol. The van der Waals surface area contributed by atoms with Crippen molar-refractivity contribution in [2.75, 3.05) is 5.88 Å². The second-order valence-corrected chi connectivity index (χ2v) is 4.48. The summed E-state index contributed by atoms with van der Waals surface area (Å²) in [7, 11) is 0. The van der Waals surface area contributed by atoms with Crippen molar-refractivity contribution in [1.29, 1.82) is 0 Å². The van der Waals surface area contributed by atoms with E-state index in [-0.39, 0.29) is 5.41 Å². The van der Waals surface area contributed by atoms with Crippen LogP contribution in [0.3, 0.4) is 0 Å². The summed E-state index contributed by atoms with van der Waals surface area (Å²) in [4.78, 5) is 0. The van der Waals surface area contributed by atoms with Crippen molar-refractivity contribution in [2.45, 2.75) is 26.7 Å². The van der Waals surface area contributed by atoms with Crippen LogP contribution >= 0.6 is 11.6 Å². The van der Waals surface area contributed by atoms with Gasteiger partial charge in [-0.2, -0.15) is 0 Å². The van der Waals surface area contributed by atoms with E-state index < -0.39 is 11.6 Å². The summed E-state index contributed by atoms with van der Waals surface area (Å²) >= 11 is 5.85. The lowest BCUT2D eigenvalue weighted by Crippen LogP contribution is -2.21. The third kappa shape index (κ3) is 3.16. The molecule has 0 nitrogen and oxygen atoms in total. The molecule has 1 rings (SSSR count). The molecular formula is C12H15ClF2. The molecule has 0 radical (unpaired) electrons. The van der Waals surface area contributed by atoms with Crippen LogP contribution in [0.4, 0.5) is 8.78 Å². The Bertz CT molecular complexity index is 332. The van der Waals surface area contributed by atoms with Crippen LogP contribution < -0.4 is 0 Å². The standard InChI is InChI=1S/C12H15ClF2/c1-3-12(2,8-13)7-9-4-5-10(14)6-11(9)15/h4-6H,3,7-8H2,1-2H3. The van der Waals surface area contributed by atoms with E-state index in [0.29, 0.717) is 17.9 Å². The average molecular weight is 233 g/mol. The fourth-order valence-electron chi connectivity index (χ4n) is 1.39. The van der Waals surface area contributed by atoms with Gasteiger partial charge < -0.3 is 0 Å². The minimum Gasteiger partial charge on any atom is -0.207 e. The molecule has 0 fully saturated rings. The molecule has 84 valence electrons. The van der Waals surface area contributed by atoms with E-state index in [1.54, 1.807) is 0 Å². The van der Waals surface area contributed by atoms with Crippen molar-refractivity contribution in [1.82, 2.24) is 0 Å². The normalized spacial score (nSPS) is 15.0. The van der Waals surface area contributed by atoms with Gasteiger partial charge in [0.25, 0.3) is 0 Å². The van der Waals surface area contributed by atoms with Crippen LogP contribution in [0.25, 0.3) is 0 Å². The SMILES string of the molecule is CCC(C)(CCl)Cc1ccc(F)cc1F. The molecule has 0 aliphatic carbocycles. The maximum Gasteiger partial charge on any atom is 0.129 e. The number of hydrogen-bond acceptors (Lipinski definition) is 0. The molecule has 0 N–H and O–H groups in total. The third-order valence-electron chi connectivity index (χ3n) is 2.81. The highest BCUT2D eigenvalue weighted by Gasteiger charge is 2.22. The Balaban J connectivity index is 2.89. The molecule has 0 bridgehead atoms. The highest BCUT2D eigenvalue weighted by atomic mass is 35.5. The van der Waals surface area contributed by atoms with Crippen LogP contribution in [0, 0.1) is 17.0 Å². The lowest BCUT2D eigenvalue weighted by atomic mass is 9.83. The van der Waals surface area contributed by atoms with Crippen molar-refractivity contribution in [2.24, 2.45) is 5.41 Å². The van der Waals surface area contributed by atoms with E-state index >= 15 is 0 Å². The van der Waals surface area contributed by atoms with Gasteiger partial charge in [-0.3, -0.25) is 0 Å². The second kappa shape index (κ2) is 4.93. The highest BCUT2D eigenvalue weighted by Crippen LogP contribution is 2.29. The maximum absolute atomic E-state index is 13.4. The summed E-state index contributed by atoms with van der Waals surface area (Å²) in [5, 5.41) is 0. The number of rotatable bonds is 4. The summed E-state index contributed by atoms with van der Waals surface area (Å²) in [6.45, 7) is 4.02. The van der Waals surface area contributed by atoms with Gasteiger partial charge in [0.15, 0.2) is 0 Å². The van der Waals surface area contributed by atoms with E-state index in [9.17, 15) is 8.78 Å². The first-order chi connectivity index (χ1) is 7.00. The first kappa shape index (κ1) is 12.4. The first-order valence-corrected chi connectivity index (χ1v) is 5.54. The van der Waals surface area contributed by atoms with E-state index in [0.717, 1.165) is 12.5 Å². The monoisotopic (exact) mass is 232 g/mol. The Labute approximate surface area is 94.3 Å². The molecule has 1 atom stereocenters. The zero-order valence-electron chi connectivity index (χ0n) is 8.99. The number of halogens is 3. The van der Waals surface area contributed by atoms with Gasteiger partial charge in [-0.25, -0.2) is 8.78 Å². The molecule has 0 spiro atoms. The van der Waals surface area contributed by atoms with Gasteiger partial charge in [-0.15, -0.1) is 11.6 Å². The second-order valence-electron chi connectivity index (χ2n) is 4.21. The molecule has 1 unspecified atom stereocenters. The topological polar surface area (TPSA) is 0 Å². The van der Waals surface area contributed by atoms with Crippen LogP contribution in [0.15, 0.2) is 18.2 Å². The number of alkyl halides is 1. The fraction of sp³-hybridized carbons (Fsp3) is 0.500. The molecule has 0 saturated carbocycles. The molecule has 1 aromatic carbocycles. The molecule has 15 heavy (non-hydrogen) atoms. The van der Waals surface area contributed by atoms with Gasteiger partial charge in [-0.05, 0) is 29.9 Å². The van der Waals surface area contributed by atoms with Crippen molar-refractivity contribution in [3.63, 3.8) is 0 Å². The third-order valence-corrected chi connectivity index (χ3v) is 3.45. The van der Waals surface area contributed by atoms with E-state index in [1.807, 2.05) is 13.8 Å². The van der Waals surface area contributed by atoms with Gasteiger partial charge in [-0.1, -0.05) is 19.9 Å². The smallest absolute Gasteiger partial charge is 0.129 e. The fourth-order valence-corrected chi connectivity index (χ4v) is 1.68. The maximum atomic E-state index is 13.4. The average Bonchev–Trinajstić information content (AvgIpc) is 2.22. The van der Waals surface area contributed by atoms with Crippen molar-refractivity contribution in [3.8, 4) is 0 Å². The van der Waals surface area contributed by atoms with E-state index in [4.69, 9.17) is 11.6 Å². The van der Waals surface area contributed by atoms with Crippen molar-refractivity contribution in [3.05, 3.63) is 35.4 Å². The molecule has 3 heteroatoms. The first-order valence-electron chi connectivity index (χ1n) is 5.00. The van der Waals surface area contributed by atoms with E-state index in [2.05, 4.69) is 0 Å². The minimum absolute atomic E-state index is 0.125. The van der Waals surface area contributed by atoms with Crippen molar-refractivity contribution < 1.29 is 8.78 Å². The van der Waals surface area contributed by atoms with Gasteiger partial charge in [0.1, 0.15) is 11.6 Å². The van der Waals surface area contributed by atoms with Crippen LogP contribution in [0.1, 0.15) is 25.8 Å². The predicted molar refractivity (Wildman–Crippen MR) is 59.2 cm³/mol. The number of benzene rings is 1. The Morgan fingerprint density at radius 3 is 2.47 bits per heavy atom. The zero-order valence-corrected chi connectivity index (χ0v) is 9.74. The van der Waals surface area contributed by atoms with Gasteiger partial charge in [0, 0.05) is 11.9 Å². The molecule has 0 aliphatic heterocycles. The predicted octanol–water partition coefficient (Wildman–Crippen LogP) is 4.16. The quantitative estimate of drug-likeness (QED) is 0.684. The zero-order chi connectivity index (χ0) is 11.5. The minimum atomic E-state index is -0.541. The summed E-state index contributed by atoms with van der Waals surface area (Å²) in [5.74, 6) is -0.555. The van der Waals surface area contributed by atoms with Gasteiger partial charge >= 0.3 is 0 Å². The lowest BCUT2D eigenvalue weighted by molar-refractivity contribution is 0.349. The Hall–Kier alpha value is -0.630. The summed E-state index contributed by atoms with van der Waals surface area (Å²) in [6.07, 6.45) is 1.41. The summed E-state index contributed by atoms with van der Waals surface area (Å²) in [6, 6.07) is 3.69. The van der Waals surface area contributed by atoms with Crippen LogP contribution in [0.5, 0.6) is 0 Å². The molecule has 0 heterocycles. The Morgan fingerprint density at radius 2 is 2.00 bits per heavy atom. The van der Waals surface area contributed by atoms with Crippen LogP contribution in [-0.4, -0.2) is 5.88 Å². The van der Waals surface area contributed by atoms with Gasteiger partial charge in [0.05, 0.1) is 0 Å². The molecule has 0 aliphatic rings. The molecule has 1 aromatic rings. The Morgan fingerprint density at radius 1 is 1.33 bits per heavy atom. The summed E-state index contributed by atoms with van der Waals surface area (Å²) < 4.78 is 26.0. The largest absolute Gasteiger partial charge is 0.207 e. The van der Waals surface area contributed by atoms with Crippen LogP contribution in [0.2, 0.25) is 0 Å². The van der Waals surface area contributed by atoms with Gasteiger partial charge in [0.2, 0.25) is 0 Å². The van der Waals surface area contributed by atoms with E-state index in [1.165, 1.54) is 12.1 Å². The molecule has 0 aromatic heterocycles. The van der Waals surface area contributed by atoms with Crippen LogP contribution in [-0.2, 0) is 6.42 Å². The molecule has 0 saturated heterocycles. The lowest BCUT2D eigenvalue weighted by Gasteiger charge is -2.25. The Kier molecular flexibility index (Phi) is 4.09. The summed E-state index contributed by atoms with van der Waals surface area (Å²) in [5.41, 5.74) is 0.404. The highest BCUT2D eigenvalue weighted by molar-refractivity contribution is 6.18. The molecule has 0 amide bonds. The number of hydrogen-bond donors (Lipinski definition) is 0. The van der Waals surface area contributed by atoms with Crippen molar-refractivity contribution >= 4 is 11.6 Å².